The van der Waals surface area contributed by atoms with Crippen molar-refractivity contribution in [3.8, 4) is 11.5 Å². The van der Waals surface area contributed by atoms with E-state index in [0.717, 1.165) is 43.0 Å². The van der Waals surface area contributed by atoms with Gasteiger partial charge in [-0.05, 0) is 42.5 Å². The minimum absolute atomic E-state index is 0.105. The van der Waals surface area contributed by atoms with Gasteiger partial charge in [-0.2, -0.15) is 0 Å². The highest BCUT2D eigenvalue weighted by Crippen LogP contribution is 2.36. The van der Waals surface area contributed by atoms with Crippen LogP contribution in [0.5, 0.6) is 11.5 Å². The minimum Gasteiger partial charge on any atom is -0.493 e. The van der Waals surface area contributed by atoms with E-state index >= 15 is 0 Å². The molecule has 1 aromatic carbocycles. The average Bonchev–Trinajstić information content (AvgIpc) is 3.23. The van der Waals surface area contributed by atoms with E-state index in [0.29, 0.717) is 11.6 Å². The van der Waals surface area contributed by atoms with E-state index < -0.39 is 0 Å². The van der Waals surface area contributed by atoms with E-state index in [1.165, 1.54) is 22.5 Å². The Bertz CT molecular complexity index is 757. The number of carbonyl (C=O) groups excluding carboxylic acids is 1. The van der Waals surface area contributed by atoms with E-state index in [1.807, 2.05) is 22.4 Å². The molecule has 3 rings (SSSR count). The van der Waals surface area contributed by atoms with E-state index in [9.17, 15) is 4.79 Å². The van der Waals surface area contributed by atoms with Crippen LogP contribution in [0.1, 0.15) is 30.2 Å². The van der Waals surface area contributed by atoms with Crippen LogP contribution in [0.3, 0.4) is 0 Å². The van der Waals surface area contributed by atoms with E-state index in [1.54, 1.807) is 14.2 Å². The van der Waals surface area contributed by atoms with Crippen molar-refractivity contribution in [3.63, 3.8) is 0 Å². The van der Waals surface area contributed by atoms with Crippen molar-refractivity contribution in [2.75, 3.05) is 26.5 Å². The van der Waals surface area contributed by atoms with Gasteiger partial charge in [-0.15, -0.1) is 11.3 Å². The number of hydrogen-bond acceptors (Lipinski definition) is 6. The highest BCUT2D eigenvalue weighted by molar-refractivity contribution is 7.13. The van der Waals surface area contributed by atoms with Gasteiger partial charge in [0.05, 0.1) is 26.3 Å². The topological polar surface area (TPSA) is 77.7 Å². The molecule has 2 N–H and O–H groups in total. The summed E-state index contributed by atoms with van der Waals surface area (Å²) in [6, 6.07) is 4.22. The molecule has 0 unspecified atom stereocenters. The van der Waals surface area contributed by atoms with Gasteiger partial charge in [0, 0.05) is 18.0 Å². The van der Waals surface area contributed by atoms with Gasteiger partial charge in [0.1, 0.15) is 0 Å². The molecule has 26 heavy (non-hydrogen) atoms. The Labute approximate surface area is 157 Å². The number of amides is 1. The molecule has 0 fully saturated rings. The van der Waals surface area contributed by atoms with E-state index in [4.69, 9.17) is 15.2 Å². The second kappa shape index (κ2) is 7.95. The highest BCUT2D eigenvalue weighted by atomic mass is 32.1. The Morgan fingerprint density at radius 1 is 1.27 bits per heavy atom. The van der Waals surface area contributed by atoms with Crippen molar-refractivity contribution < 1.29 is 14.3 Å². The Morgan fingerprint density at radius 2 is 1.88 bits per heavy atom. The van der Waals surface area contributed by atoms with E-state index in [-0.39, 0.29) is 11.9 Å². The SMILES string of the molecule is CCCN(C(=O)Cc1csc(N)n1)C1Cc2cc(OC)c(OC)cc2C1. The number of thiazole rings is 1. The summed E-state index contributed by atoms with van der Waals surface area (Å²) in [5.74, 6) is 1.57. The highest BCUT2D eigenvalue weighted by Gasteiger charge is 2.31. The summed E-state index contributed by atoms with van der Waals surface area (Å²) in [6.07, 6.45) is 2.89. The molecule has 2 aromatic rings. The first-order valence-corrected chi connectivity index (χ1v) is 9.66. The zero-order chi connectivity index (χ0) is 18.7. The Morgan fingerprint density at radius 3 is 2.35 bits per heavy atom. The van der Waals surface area contributed by atoms with Gasteiger partial charge in [-0.25, -0.2) is 4.98 Å². The van der Waals surface area contributed by atoms with Gasteiger partial charge in [-0.3, -0.25) is 4.79 Å². The third-order valence-electron chi connectivity index (χ3n) is 4.74. The number of rotatable bonds is 7. The zero-order valence-electron chi connectivity index (χ0n) is 15.4. The average molecular weight is 375 g/mol. The van der Waals surface area contributed by atoms with Crippen LogP contribution in [0, 0.1) is 0 Å². The number of fused-ring (bicyclic) bond motifs is 1. The molecule has 0 spiro atoms. The second-order valence-electron chi connectivity index (χ2n) is 6.48. The van der Waals surface area contributed by atoms with Gasteiger partial charge in [0.25, 0.3) is 0 Å². The molecule has 1 heterocycles. The van der Waals surface area contributed by atoms with Crippen LogP contribution < -0.4 is 15.2 Å². The molecule has 1 aliphatic rings. The lowest BCUT2D eigenvalue weighted by atomic mass is 10.1. The third-order valence-corrected chi connectivity index (χ3v) is 5.47. The lowest BCUT2D eigenvalue weighted by molar-refractivity contribution is -0.132. The van der Waals surface area contributed by atoms with Gasteiger partial charge in [0.15, 0.2) is 16.6 Å². The first-order chi connectivity index (χ1) is 12.5. The summed E-state index contributed by atoms with van der Waals surface area (Å²) in [5.41, 5.74) is 8.87. The molecule has 0 atom stereocenters. The number of nitrogen functional groups attached to an aromatic ring is 1. The molecule has 6 nitrogen and oxygen atoms in total. The molecule has 1 aromatic heterocycles. The fourth-order valence-electron chi connectivity index (χ4n) is 3.56. The second-order valence-corrected chi connectivity index (χ2v) is 7.37. The van der Waals surface area contributed by atoms with Crippen molar-refractivity contribution >= 4 is 22.4 Å². The van der Waals surface area contributed by atoms with Crippen molar-refractivity contribution in [2.24, 2.45) is 0 Å². The summed E-state index contributed by atoms with van der Waals surface area (Å²) >= 11 is 1.37. The van der Waals surface area contributed by atoms with Gasteiger partial charge >= 0.3 is 0 Å². The first kappa shape index (κ1) is 18.5. The standard InChI is InChI=1S/C19H25N3O3S/c1-4-5-22(18(23)10-14-11-26-19(20)21-14)15-6-12-8-16(24-2)17(25-3)9-13(12)7-15/h8-9,11,15H,4-7,10H2,1-3H3,(H2,20,21). The number of anilines is 1. The molecule has 0 aliphatic heterocycles. The van der Waals surface area contributed by atoms with Crippen LogP contribution in [0.2, 0.25) is 0 Å². The van der Waals surface area contributed by atoms with Crippen LogP contribution in [-0.4, -0.2) is 42.6 Å². The molecule has 1 amide bonds. The predicted molar refractivity (Wildman–Crippen MR) is 103 cm³/mol. The minimum atomic E-state index is 0.105. The van der Waals surface area contributed by atoms with Crippen molar-refractivity contribution in [1.29, 1.82) is 0 Å². The molecular weight excluding hydrogens is 350 g/mol. The Balaban J connectivity index is 1.77. The van der Waals surface area contributed by atoms with Crippen LogP contribution in [0.4, 0.5) is 5.13 Å². The van der Waals surface area contributed by atoms with Crippen LogP contribution in [0.25, 0.3) is 0 Å². The van der Waals surface area contributed by atoms with Gasteiger partial charge in [0.2, 0.25) is 5.91 Å². The number of methoxy groups -OCH3 is 2. The quantitative estimate of drug-likeness (QED) is 0.805. The third kappa shape index (κ3) is 3.77. The number of carbonyl (C=O) groups is 1. The summed E-state index contributed by atoms with van der Waals surface area (Å²) < 4.78 is 10.8. The molecular formula is C19H25N3O3S. The lowest BCUT2D eigenvalue weighted by Gasteiger charge is -2.28. The summed E-state index contributed by atoms with van der Waals surface area (Å²) in [5, 5.41) is 2.36. The smallest absolute Gasteiger partial charge is 0.228 e. The monoisotopic (exact) mass is 375 g/mol. The van der Waals surface area contributed by atoms with Crippen molar-refractivity contribution in [3.05, 3.63) is 34.3 Å². The largest absolute Gasteiger partial charge is 0.493 e. The molecule has 1 aliphatic carbocycles. The first-order valence-electron chi connectivity index (χ1n) is 8.78. The van der Waals surface area contributed by atoms with Crippen molar-refractivity contribution in [2.45, 2.75) is 38.6 Å². The summed E-state index contributed by atoms with van der Waals surface area (Å²) in [6.45, 7) is 2.83. The predicted octanol–water partition coefficient (Wildman–Crippen LogP) is 2.69. The molecule has 140 valence electrons. The Kier molecular flexibility index (Phi) is 5.66. The maximum atomic E-state index is 12.9. The van der Waals surface area contributed by atoms with Crippen LogP contribution >= 0.6 is 11.3 Å². The van der Waals surface area contributed by atoms with Gasteiger partial charge in [-0.1, -0.05) is 6.92 Å². The molecule has 0 saturated heterocycles. The van der Waals surface area contributed by atoms with Crippen LogP contribution in [0.15, 0.2) is 17.5 Å². The normalized spacial score (nSPS) is 13.5. The maximum Gasteiger partial charge on any atom is 0.228 e. The molecule has 0 bridgehead atoms. The lowest BCUT2D eigenvalue weighted by Crippen LogP contribution is -2.42. The number of benzene rings is 1. The number of aromatic nitrogens is 1. The molecule has 7 heteroatoms. The van der Waals surface area contributed by atoms with Gasteiger partial charge < -0.3 is 20.1 Å². The summed E-state index contributed by atoms with van der Waals surface area (Å²) in [4.78, 5) is 19.1. The zero-order valence-corrected chi connectivity index (χ0v) is 16.3. The fourth-order valence-corrected chi connectivity index (χ4v) is 4.12. The van der Waals surface area contributed by atoms with Crippen LogP contribution in [-0.2, 0) is 24.1 Å². The number of nitrogens with two attached hydrogens (primary N) is 1. The number of ether oxygens (including phenoxy) is 2. The van der Waals surface area contributed by atoms with E-state index in [2.05, 4.69) is 11.9 Å². The maximum absolute atomic E-state index is 12.9. The number of nitrogens with zero attached hydrogens (tertiary/aromatic N) is 2. The molecule has 0 radical (unpaired) electrons. The summed E-state index contributed by atoms with van der Waals surface area (Å²) in [7, 11) is 3.28. The number of hydrogen-bond donors (Lipinski definition) is 1. The molecule has 0 saturated carbocycles. The Hall–Kier alpha value is -2.28. The van der Waals surface area contributed by atoms with Crippen molar-refractivity contribution in [1.82, 2.24) is 9.88 Å². The fraction of sp³-hybridized carbons (Fsp3) is 0.474.